The van der Waals surface area contributed by atoms with Gasteiger partial charge in [0, 0.05) is 29.1 Å². The molecule has 7 heteroatoms. The monoisotopic (exact) mass is 364 g/mol. The molecule has 2 N–H and O–H groups in total. The van der Waals surface area contributed by atoms with E-state index < -0.39 is 0 Å². The Hall–Kier alpha value is -1.60. The van der Waals surface area contributed by atoms with Crippen molar-refractivity contribution in [2.45, 2.75) is 31.9 Å². The van der Waals surface area contributed by atoms with Crippen molar-refractivity contribution < 1.29 is 9.06 Å². The number of aryl methyl sites for hydroxylation is 2. The summed E-state index contributed by atoms with van der Waals surface area (Å²) in [5.41, 5.74) is 3.57. The molecule has 138 valence electrons. The summed E-state index contributed by atoms with van der Waals surface area (Å²) in [6.07, 6.45) is 8.74. The molecule has 25 heavy (non-hydrogen) atoms. The van der Waals surface area contributed by atoms with Gasteiger partial charge in [0.15, 0.2) is 0 Å². The average molecular weight is 365 g/mol. The topological polar surface area (TPSA) is 60.4 Å². The van der Waals surface area contributed by atoms with Crippen LogP contribution in [-0.2, 0) is 12.2 Å². The van der Waals surface area contributed by atoms with Crippen LogP contribution < -0.4 is 0 Å². The molecular weight excluding hydrogens is 332 g/mol. The number of nitrogens with zero attached hydrogens (tertiary/aromatic N) is 4. The second-order valence-corrected chi connectivity index (χ2v) is 8.28. The summed E-state index contributed by atoms with van der Waals surface area (Å²) < 4.78 is 3.22. The molecule has 2 rings (SSSR count). The van der Waals surface area contributed by atoms with E-state index in [9.17, 15) is 0 Å². The number of rotatable bonds is 9. The third-order valence-corrected chi connectivity index (χ3v) is 5.53. The SMILES string of the molecule is Cc1[nH]cnc1CSCC[N+](C)(C)C(CCCc1cnc[nH]1)=[N+](C)C. The highest BCUT2D eigenvalue weighted by molar-refractivity contribution is 7.98. The fourth-order valence-electron chi connectivity index (χ4n) is 3.05. The van der Waals surface area contributed by atoms with Gasteiger partial charge in [0.1, 0.15) is 14.1 Å². The highest BCUT2D eigenvalue weighted by atomic mass is 32.2. The van der Waals surface area contributed by atoms with Gasteiger partial charge in [-0.15, -0.1) is 11.8 Å². The summed E-state index contributed by atoms with van der Waals surface area (Å²) in [5, 5.41) is 0. The lowest BCUT2D eigenvalue weighted by atomic mass is 10.1. The molecule has 0 aliphatic rings. The van der Waals surface area contributed by atoms with Crippen LogP contribution in [0.25, 0.3) is 0 Å². The molecule has 2 aromatic heterocycles. The minimum atomic E-state index is 0.933. The molecule has 0 unspecified atom stereocenters. The van der Waals surface area contributed by atoms with Gasteiger partial charge < -0.3 is 9.97 Å². The van der Waals surface area contributed by atoms with Crippen molar-refractivity contribution in [3.05, 3.63) is 35.9 Å². The van der Waals surface area contributed by atoms with E-state index in [2.05, 4.69) is 59.6 Å². The lowest BCUT2D eigenvalue weighted by Gasteiger charge is -2.27. The van der Waals surface area contributed by atoms with E-state index in [0.29, 0.717) is 0 Å². The van der Waals surface area contributed by atoms with Crippen molar-refractivity contribution in [3.63, 3.8) is 0 Å². The number of hydrogen-bond acceptors (Lipinski definition) is 3. The molecule has 0 saturated heterocycles. The van der Waals surface area contributed by atoms with E-state index in [1.807, 2.05) is 18.0 Å². The Morgan fingerprint density at radius 2 is 2.04 bits per heavy atom. The van der Waals surface area contributed by atoms with Gasteiger partial charge in [-0.2, -0.15) is 4.58 Å². The predicted octanol–water partition coefficient (Wildman–Crippen LogP) is 2.44. The fraction of sp³-hybridized carbons (Fsp3) is 0.611. The van der Waals surface area contributed by atoms with Crippen LogP contribution >= 0.6 is 11.8 Å². The van der Waals surface area contributed by atoms with Crippen LogP contribution in [0.2, 0.25) is 0 Å². The molecule has 0 fully saturated rings. The van der Waals surface area contributed by atoms with Crippen molar-refractivity contribution in [1.82, 2.24) is 19.9 Å². The third-order valence-electron chi connectivity index (χ3n) is 4.58. The molecule has 0 aromatic carbocycles. The first-order valence-electron chi connectivity index (χ1n) is 8.80. The van der Waals surface area contributed by atoms with Gasteiger partial charge in [-0.25, -0.2) is 14.5 Å². The number of hydrogen-bond donors (Lipinski definition) is 2. The van der Waals surface area contributed by atoms with Crippen molar-refractivity contribution >= 4 is 17.6 Å². The maximum absolute atomic E-state index is 4.37. The minimum absolute atomic E-state index is 0.933. The molecule has 6 nitrogen and oxygen atoms in total. The minimum Gasteiger partial charge on any atom is -0.348 e. The zero-order valence-electron chi connectivity index (χ0n) is 16.2. The maximum atomic E-state index is 4.37. The lowest BCUT2D eigenvalue weighted by molar-refractivity contribution is -0.822. The molecule has 0 amide bonds. The van der Waals surface area contributed by atoms with Crippen molar-refractivity contribution in [1.29, 1.82) is 0 Å². The molecule has 0 bridgehead atoms. The molecule has 0 saturated carbocycles. The van der Waals surface area contributed by atoms with Crippen LogP contribution in [-0.4, -0.2) is 75.3 Å². The molecule has 0 spiro atoms. The van der Waals surface area contributed by atoms with Crippen LogP contribution in [0.15, 0.2) is 18.9 Å². The molecular formula is C18H32N6S+2. The van der Waals surface area contributed by atoms with Gasteiger partial charge in [0.2, 0.25) is 0 Å². The first-order valence-corrected chi connectivity index (χ1v) is 9.96. The van der Waals surface area contributed by atoms with Crippen molar-refractivity contribution in [3.8, 4) is 0 Å². The third kappa shape index (κ3) is 6.01. The molecule has 0 aliphatic heterocycles. The number of nitrogens with one attached hydrogen (secondary N) is 2. The van der Waals surface area contributed by atoms with Gasteiger partial charge in [-0.05, 0) is 19.8 Å². The van der Waals surface area contributed by atoms with Crippen LogP contribution in [0.5, 0.6) is 0 Å². The zero-order valence-corrected chi connectivity index (χ0v) is 17.0. The molecule has 2 aromatic rings. The summed E-state index contributed by atoms with van der Waals surface area (Å²) in [4.78, 5) is 14.8. The van der Waals surface area contributed by atoms with E-state index in [0.717, 1.165) is 41.8 Å². The zero-order chi connectivity index (χ0) is 18.3. The van der Waals surface area contributed by atoms with Gasteiger partial charge in [-0.1, -0.05) is 0 Å². The van der Waals surface area contributed by atoms with Crippen LogP contribution in [0.1, 0.15) is 29.9 Å². The summed E-state index contributed by atoms with van der Waals surface area (Å²) in [5.74, 6) is 3.57. The van der Waals surface area contributed by atoms with E-state index in [-0.39, 0.29) is 0 Å². The van der Waals surface area contributed by atoms with Gasteiger partial charge in [-0.3, -0.25) is 0 Å². The number of aromatic amines is 2. The van der Waals surface area contributed by atoms with Crippen LogP contribution in [0.4, 0.5) is 0 Å². The second kappa shape index (κ2) is 9.20. The molecule has 0 aliphatic carbocycles. The van der Waals surface area contributed by atoms with E-state index >= 15 is 0 Å². The summed E-state index contributed by atoms with van der Waals surface area (Å²) in [6.45, 7) is 3.20. The van der Waals surface area contributed by atoms with Crippen molar-refractivity contribution in [2.24, 2.45) is 0 Å². The van der Waals surface area contributed by atoms with Gasteiger partial charge in [0.05, 0.1) is 45.4 Å². The quantitative estimate of drug-likeness (QED) is 0.236. The lowest BCUT2D eigenvalue weighted by Crippen LogP contribution is -2.50. The first-order chi connectivity index (χ1) is 11.9. The van der Waals surface area contributed by atoms with E-state index in [4.69, 9.17) is 0 Å². The van der Waals surface area contributed by atoms with Gasteiger partial charge in [0.25, 0.3) is 0 Å². The Balaban J connectivity index is 1.81. The number of H-pyrrole nitrogens is 2. The summed E-state index contributed by atoms with van der Waals surface area (Å²) >= 11 is 1.96. The summed E-state index contributed by atoms with van der Waals surface area (Å²) in [6, 6.07) is 0. The standard InChI is InChI=1S/C18H32N6S/c1-15-17(22-14-20-15)12-25-10-9-24(4,5)18(23(2)3)8-6-7-16-11-19-13-21-16/h11,13-14H,6-10,12H2,1-5H3,(H,19,21)(H,20,22)/q+2. The number of amidine groups is 1. The predicted molar refractivity (Wildman–Crippen MR) is 105 cm³/mol. The van der Waals surface area contributed by atoms with Gasteiger partial charge >= 0.3 is 5.84 Å². The van der Waals surface area contributed by atoms with Crippen LogP contribution in [0, 0.1) is 6.92 Å². The van der Waals surface area contributed by atoms with Crippen LogP contribution in [0.3, 0.4) is 0 Å². The Labute approximate surface area is 155 Å². The normalized spacial score (nSPS) is 11.7. The van der Waals surface area contributed by atoms with Crippen molar-refractivity contribution in [2.75, 3.05) is 40.5 Å². The number of thioether (sulfide) groups is 1. The largest absolute Gasteiger partial charge is 0.348 e. The molecule has 0 radical (unpaired) electrons. The average Bonchev–Trinajstić information content (AvgIpc) is 3.19. The number of aromatic nitrogens is 4. The maximum Gasteiger partial charge on any atom is 0.337 e. The highest BCUT2D eigenvalue weighted by Crippen LogP contribution is 2.15. The van der Waals surface area contributed by atoms with E-state index in [1.165, 1.54) is 22.9 Å². The second-order valence-electron chi connectivity index (χ2n) is 7.18. The highest BCUT2D eigenvalue weighted by Gasteiger charge is 2.29. The Kier molecular flexibility index (Phi) is 7.25. The Bertz CT molecular complexity index is 668. The number of quaternary nitrogens is 1. The fourth-order valence-corrected chi connectivity index (χ4v) is 4.26. The Morgan fingerprint density at radius 3 is 2.64 bits per heavy atom. The number of imidazole rings is 2. The Morgan fingerprint density at radius 1 is 1.24 bits per heavy atom. The summed E-state index contributed by atoms with van der Waals surface area (Å²) in [7, 11) is 8.94. The smallest absolute Gasteiger partial charge is 0.337 e. The molecule has 0 atom stereocenters. The van der Waals surface area contributed by atoms with E-state index in [1.54, 1.807) is 12.7 Å². The molecule has 2 heterocycles. The first kappa shape index (κ1) is 19.7.